The molecule has 0 radical (unpaired) electrons. The summed E-state index contributed by atoms with van der Waals surface area (Å²) < 4.78 is 0.536. The normalized spacial score (nSPS) is 20.7. The van der Waals surface area contributed by atoms with Gasteiger partial charge in [-0.3, -0.25) is 4.79 Å². The van der Waals surface area contributed by atoms with Crippen molar-refractivity contribution in [3.8, 4) is 0 Å². The lowest BCUT2D eigenvalue weighted by Gasteiger charge is -1.90. The number of hydrogen-bond donors (Lipinski definition) is 1. The molecule has 1 saturated heterocycles. The number of thioether (sulfide) groups is 1. The van der Waals surface area contributed by atoms with Gasteiger partial charge in [0.2, 0.25) is 0 Å². The van der Waals surface area contributed by atoms with Gasteiger partial charge in [0, 0.05) is 0 Å². The number of allylic oxidation sites excluding steroid dienone is 3. The van der Waals surface area contributed by atoms with Gasteiger partial charge in [0.05, 0.1) is 4.91 Å². The molecular weight excluding hydrogens is 202 g/mol. The fourth-order valence-corrected chi connectivity index (χ4v) is 1.80. The van der Waals surface area contributed by atoms with Crippen LogP contribution in [0.5, 0.6) is 0 Å². The van der Waals surface area contributed by atoms with Crippen LogP contribution in [0.25, 0.3) is 0 Å². The molecule has 0 spiro atoms. The highest BCUT2D eigenvalue weighted by atomic mass is 32.2. The third-order valence-electron chi connectivity index (χ3n) is 1.39. The minimum Gasteiger partial charge on any atom is -0.307 e. The highest BCUT2D eigenvalue weighted by Crippen LogP contribution is 2.23. The summed E-state index contributed by atoms with van der Waals surface area (Å²) in [6.07, 6.45) is 5.71. The molecule has 4 heteroatoms. The monoisotopic (exact) mass is 213 g/mol. The molecule has 0 atom stereocenters. The van der Waals surface area contributed by atoms with E-state index in [1.54, 1.807) is 6.08 Å². The van der Waals surface area contributed by atoms with Gasteiger partial charge in [0.25, 0.3) is 5.91 Å². The van der Waals surface area contributed by atoms with E-state index in [-0.39, 0.29) is 5.91 Å². The van der Waals surface area contributed by atoms with Crippen molar-refractivity contribution in [1.82, 2.24) is 5.32 Å². The number of rotatable bonds is 2. The van der Waals surface area contributed by atoms with Crippen LogP contribution in [0, 0.1) is 5.92 Å². The number of hydrogen-bond acceptors (Lipinski definition) is 3. The zero-order valence-corrected chi connectivity index (χ0v) is 9.17. The molecule has 1 aliphatic heterocycles. The molecule has 1 heterocycles. The van der Waals surface area contributed by atoms with Crippen molar-refractivity contribution in [2.24, 2.45) is 5.92 Å². The lowest BCUT2D eigenvalue weighted by atomic mass is 10.2. The molecule has 2 nitrogen and oxygen atoms in total. The van der Waals surface area contributed by atoms with E-state index in [4.69, 9.17) is 12.2 Å². The second-order valence-corrected chi connectivity index (χ2v) is 4.72. The molecule has 1 rings (SSSR count). The van der Waals surface area contributed by atoms with Crippen LogP contribution in [0.2, 0.25) is 0 Å². The van der Waals surface area contributed by atoms with Crippen molar-refractivity contribution < 1.29 is 4.79 Å². The Morgan fingerprint density at radius 3 is 2.69 bits per heavy atom. The van der Waals surface area contributed by atoms with E-state index in [1.165, 1.54) is 11.8 Å². The van der Waals surface area contributed by atoms with E-state index in [9.17, 15) is 4.79 Å². The Kier molecular flexibility index (Phi) is 3.69. The molecule has 13 heavy (non-hydrogen) atoms. The first kappa shape index (κ1) is 10.5. The van der Waals surface area contributed by atoms with Gasteiger partial charge in [0.15, 0.2) is 0 Å². The van der Waals surface area contributed by atoms with Gasteiger partial charge in [0.1, 0.15) is 4.32 Å². The van der Waals surface area contributed by atoms with Gasteiger partial charge < -0.3 is 5.32 Å². The third kappa shape index (κ3) is 3.32. The van der Waals surface area contributed by atoms with E-state index in [2.05, 4.69) is 19.2 Å². The molecule has 1 aliphatic rings. The number of thiocarbonyl (C=S) groups is 1. The van der Waals surface area contributed by atoms with Crippen LogP contribution in [-0.4, -0.2) is 10.2 Å². The maximum absolute atomic E-state index is 11.1. The molecule has 70 valence electrons. The van der Waals surface area contributed by atoms with Gasteiger partial charge >= 0.3 is 0 Å². The molecule has 0 saturated carbocycles. The highest BCUT2D eigenvalue weighted by Gasteiger charge is 2.20. The number of carbonyl (C=O) groups excluding carboxylic acids is 1. The van der Waals surface area contributed by atoms with Crippen LogP contribution in [0.3, 0.4) is 0 Å². The fourth-order valence-electron chi connectivity index (χ4n) is 0.801. The van der Waals surface area contributed by atoms with Crippen LogP contribution in [-0.2, 0) is 4.79 Å². The standard InChI is InChI=1S/C9H11NOS2/c1-6(2)4-3-5-7-8(11)10-9(12)13-7/h3-6H,1-2H3,(H,10,11,12)/b4-3+,7-5-. The van der Waals surface area contributed by atoms with Crippen LogP contribution in [0.15, 0.2) is 23.1 Å². The first-order chi connectivity index (χ1) is 6.09. The summed E-state index contributed by atoms with van der Waals surface area (Å²) in [6, 6.07) is 0. The van der Waals surface area contributed by atoms with Crippen molar-refractivity contribution >= 4 is 34.2 Å². The van der Waals surface area contributed by atoms with Crippen molar-refractivity contribution in [3.05, 3.63) is 23.1 Å². The lowest BCUT2D eigenvalue weighted by molar-refractivity contribution is -0.115. The van der Waals surface area contributed by atoms with Gasteiger partial charge in [-0.1, -0.05) is 50.0 Å². The lowest BCUT2D eigenvalue weighted by Crippen LogP contribution is -2.17. The Balaban J connectivity index is 2.62. The molecule has 0 bridgehead atoms. The summed E-state index contributed by atoms with van der Waals surface area (Å²) >= 11 is 6.15. The zero-order chi connectivity index (χ0) is 9.84. The van der Waals surface area contributed by atoms with Crippen LogP contribution >= 0.6 is 24.0 Å². The van der Waals surface area contributed by atoms with Gasteiger partial charge in [-0.25, -0.2) is 0 Å². The van der Waals surface area contributed by atoms with Crippen molar-refractivity contribution in [3.63, 3.8) is 0 Å². The molecule has 1 N–H and O–H groups in total. The Bertz CT molecular complexity index is 292. The van der Waals surface area contributed by atoms with E-state index in [0.717, 1.165) is 0 Å². The van der Waals surface area contributed by atoms with Crippen LogP contribution in [0.4, 0.5) is 0 Å². The summed E-state index contributed by atoms with van der Waals surface area (Å²) in [5, 5.41) is 2.56. The Labute approximate surface area is 87.5 Å². The minimum absolute atomic E-state index is 0.0941. The first-order valence-corrected chi connectivity index (χ1v) is 5.23. The summed E-state index contributed by atoms with van der Waals surface area (Å²) in [6.45, 7) is 4.17. The Hall–Kier alpha value is -0.610. The van der Waals surface area contributed by atoms with Crippen molar-refractivity contribution in [2.75, 3.05) is 0 Å². The average Bonchev–Trinajstić information content (AvgIpc) is 2.29. The summed E-state index contributed by atoms with van der Waals surface area (Å²) in [7, 11) is 0. The van der Waals surface area contributed by atoms with E-state index in [0.29, 0.717) is 15.1 Å². The molecule has 0 aliphatic carbocycles. The number of nitrogens with one attached hydrogen (secondary N) is 1. The molecule has 1 amide bonds. The minimum atomic E-state index is -0.0941. The Morgan fingerprint density at radius 2 is 2.23 bits per heavy atom. The second-order valence-electron chi connectivity index (χ2n) is 3.00. The summed E-state index contributed by atoms with van der Waals surface area (Å²) in [5.41, 5.74) is 0. The maximum Gasteiger partial charge on any atom is 0.263 e. The van der Waals surface area contributed by atoms with Gasteiger partial charge in [-0.2, -0.15) is 0 Å². The molecule has 0 aromatic heterocycles. The number of amides is 1. The fraction of sp³-hybridized carbons (Fsp3) is 0.333. The SMILES string of the molecule is CC(C)/C=C/C=C1\SC(=S)NC1=O. The smallest absolute Gasteiger partial charge is 0.263 e. The number of carbonyl (C=O) groups is 1. The van der Waals surface area contributed by atoms with Gasteiger partial charge in [-0.15, -0.1) is 0 Å². The topological polar surface area (TPSA) is 29.1 Å². The van der Waals surface area contributed by atoms with E-state index in [1.807, 2.05) is 12.2 Å². The molecule has 0 aromatic rings. The molecule has 0 aromatic carbocycles. The van der Waals surface area contributed by atoms with E-state index < -0.39 is 0 Å². The van der Waals surface area contributed by atoms with Crippen LogP contribution < -0.4 is 5.32 Å². The first-order valence-electron chi connectivity index (χ1n) is 4.01. The Morgan fingerprint density at radius 1 is 1.54 bits per heavy atom. The van der Waals surface area contributed by atoms with Gasteiger partial charge in [-0.05, 0) is 12.0 Å². The molecule has 1 fully saturated rings. The zero-order valence-electron chi connectivity index (χ0n) is 7.53. The summed E-state index contributed by atoms with van der Waals surface area (Å²) in [5.74, 6) is 0.404. The van der Waals surface area contributed by atoms with Crippen molar-refractivity contribution in [1.29, 1.82) is 0 Å². The van der Waals surface area contributed by atoms with E-state index >= 15 is 0 Å². The predicted molar refractivity (Wildman–Crippen MR) is 60.4 cm³/mol. The average molecular weight is 213 g/mol. The highest BCUT2D eigenvalue weighted by molar-refractivity contribution is 8.26. The summed E-state index contributed by atoms with van der Waals surface area (Å²) in [4.78, 5) is 11.8. The molecular formula is C9H11NOS2. The predicted octanol–water partition coefficient (Wildman–Crippen LogP) is 2.23. The second kappa shape index (κ2) is 4.58. The largest absolute Gasteiger partial charge is 0.307 e. The van der Waals surface area contributed by atoms with Crippen LogP contribution in [0.1, 0.15) is 13.8 Å². The quantitative estimate of drug-likeness (QED) is 0.563. The molecule has 0 unspecified atom stereocenters. The third-order valence-corrected chi connectivity index (χ3v) is 2.57. The van der Waals surface area contributed by atoms with Crippen molar-refractivity contribution in [2.45, 2.75) is 13.8 Å². The maximum atomic E-state index is 11.1.